The van der Waals surface area contributed by atoms with Crippen molar-refractivity contribution in [2.75, 3.05) is 13.3 Å². The minimum atomic E-state index is -0.0962. The van der Waals surface area contributed by atoms with Crippen LogP contribution in [0.25, 0.3) is 0 Å². The third-order valence-electron chi connectivity index (χ3n) is 1.93. The molecule has 2 N–H and O–H groups in total. The molecule has 0 aromatic carbocycles. The summed E-state index contributed by atoms with van der Waals surface area (Å²) >= 11 is 0. The molecule has 0 aliphatic rings. The summed E-state index contributed by atoms with van der Waals surface area (Å²) in [6.07, 6.45) is 4.50. The Hall–Kier alpha value is -0.410. The van der Waals surface area contributed by atoms with E-state index < -0.39 is 0 Å². The fourth-order valence-corrected chi connectivity index (χ4v) is 1.18. The van der Waals surface area contributed by atoms with Crippen LogP contribution in [-0.4, -0.2) is 18.4 Å². The lowest BCUT2D eigenvalue weighted by atomic mass is 10.0. The van der Waals surface area contributed by atoms with Crippen molar-refractivity contribution in [3.63, 3.8) is 0 Å². The van der Waals surface area contributed by atoms with Crippen LogP contribution in [0.2, 0.25) is 0 Å². The second-order valence-electron chi connectivity index (χ2n) is 3.44. The van der Waals surface area contributed by atoms with Gasteiger partial charge in [0, 0.05) is 0 Å². The fraction of sp³-hybridized carbons (Fsp3) is 0.800. The van der Waals surface area contributed by atoms with Crippen molar-refractivity contribution in [2.45, 2.75) is 33.1 Å². The molecule has 0 radical (unpaired) electrons. The van der Waals surface area contributed by atoms with Crippen molar-refractivity contribution in [3.05, 3.63) is 11.9 Å². The summed E-state index contributed by atoms with van der Waals surface area (Å²) in [6, 6.07) is 0. The highest BCUT2D eigenvalue weighted by Gasteiger charge is 1.99. The van der Waals surface area contributed by atoms with E-state index >= 15 is 0 Å². The SMILES string of the molecule is C/C(F)=C/CCCC(C)CNCO. The molecule has 13 heavy (non-hydrogen) atoms. The van der Waals surface area contributed by atoms with E-state index in [4.69, 9.17) is 5.11 Å². The first-order chi connectivity index (χ1) is 6.16. The summed E-state index contributed by atoms with van der Waals surface area (Å²) in [7, 11) is 0. The molecular formula is C10H20FNO. The summed E-state index contributed by atoms with van der Waals surface area (Å²) in [5.74, 6) is 0.446. The first kappa shape index (κ1) is 12.6. The number of unbranched alkanes of at least 4 members (excludes halogenated alkanes) is 1. The predicted octanol–water partition coefficient (Wildman–Crippen LogP) is 2.21. The van der Waals surface area contributed by atoms with E-state index in [1.165, 1.54) is 6.92 Å². The highest BCUT2D eigenvalue weighted by molar-refractivity contribution is 4.86. The normalized spacial score (nSPS) is 14.6. The van der Waals surface area contributed by atoms with Gasteiger partial charge in [0.05, 0.1) is 12.6 Å². The van der Waals surface area contributed by atoms with E-state index in [0.29, 0.717) is 5.92 Å². The Morgan fingerprint density at radius 2 is 2.31 bits per heavy atom. The number of aliphatic hydroxyl groups is 1. The Morgan fingerprint density at radius 3 is 2.85 bits per heavy atom. The summed E-state index contributed by atoms with van der Waals surface area (Å²) in [6.45, 7) is 4.45. The second kappa shape index (κ2) is 8.20. The van der Waals surface area contributed by atoms with Gasteiger partial charge in [0.1, 0.15) is 0 Å². The van der Waals surface area contributed by atoms with Gasteiger partial charge in [-0.3, -0.25) is 5.32 Å². The quantitative estimate of drug-likeness (QED) is 0.475. The molecule has 0 saturated carbocycles. The number of hydrogen-bond acceptors (Lipinski definition) is 2. The van der Waals surface area contributed by atoms with Gasteiger partial charge in [-0.1, -0.05) is 13.0 Å². The Kier molecular flexibility index (Phi) is 7.94. The van der Waals surface area contributed by atoms with Gasteiger partial charge in [-0.15, -0.1) is 0 Å². The molecule has 0 aromatic rings. The van der Waals surface area contributed by atoms with Crippen molar-refractivity contribution in [1.29, 1.82) is 0 Å². The maximum absolute atomic E-state index is 12.2. The van der Waals surface area contributed by atoms with Crippen molar-refractivity contribution in [2.24, 2.45) is 5.92 Å². The largest absolute Gasteiger partial charge is 0.381 e. The van der Waals surface area contributed by atoms with E-state index in [1.807, 2.05) is 0 Å². The number of nitrogens with one attached hydrogen (secondary N) is 1. The summed E-state index contributed by atoms with van der Waals surface area (Å²) in [5, 5.41) is 11.4. The van der Waals surface area contributed by atoms with E-state index in [1.54, 1.807) is 6.08 Å². The number of halogens is 1. The molecule has 1 unspecified atom stereocenters. The Balaban J connectivity index is 3.26. The van der Waals surface area contributed by atoms with E-state index in [2.05, 4.69) is 12.2 Å². The van der Waals surface area contributed by atoms with Crippen molar-refractivity contribution in [3.8, 4) is 0 Å². The number of allylic oxidation sites excluding steroid dienone is 2. The van der Waals surface area contributed by atoms with Crippen LogP contribution in [0.4, 0.5) is 4.39 Å². The molecule has 78 valence electrons. The molecule has 0 rings (SSSR count). The second-order valence-corrected chi connectivity index (χ2v) is 3.44. The van der Waals surface area contributed by atoms with Gasteiger partial charge in [0.2, 0.25) is 0 Å². The summed E-state index contributed by atoms with van der Waals surface area (Å²) in [5.41, 5.74) is 0. The van der Waals surface area contributed by atoms with E-state index in [9.17, 15) is 4.39 Å². The summed E-state index contributed by atoms with van der Waals surface area (Å²) < 4.78 is 12.2. The minimum absolute atomic E-state index is 0.0355. The molecule has 1 atom stereocenters. The Labute approximate surface area is 79.8 Å². The van der Waals surface area contributed by atoms with Gasteiger partial charge in [0.15, 0.2) is 0 Å². The zero-order valence-electron chi connectivity index (χ0n) is 8.52. The highest BCUT2D eigenvalue weighted by Crippen LogP contribution is 2.08. The standard InChI is InChI=1S/C10H20FNO/c1-9(7-12-8-13)5-3-4-6-10(2)11/h6,9,12-13H,3-5,7-8H2,1-2H3/b10-6-. The van der Waals surface area contributed by atoms with Crippen LogP contribution in [0.5, 0.6) is 0 Å². The van der Waals surface area contributed by atoms with Crippen molar-refractivity contribution in [1.82, 2.24) is 5.32 Å². The number of aliphatic hydroxyl groups excluding tert-OH is 1. The Morgan fingerprint density at radius 1 is 1.62 bits per heavy atom. The zero-order chi connectivity index (χ0) is 10.1. The molecular weight excluding hydrogens is 169 g/mol. The maximum Gasteiger partial charge on any atom is 0.0931 e. The predicted molar refractivity (Wildman–Crippen MR) is 53.0 cm³/mol. The van der Waals surface area contributed by atoms with Crippen LogP contribution in [0, 0.1) is 5.92 Å². The van der Waals surface area contributed by atoms with Gasteiger partial charge in [0.25, 0.3) is 0 Å². The van der Waals surface area contributed by atoms with Crippen LogP contribution in [-0.2, 0) is 0 Å². The van der Waals surface area contributed by atoms with Crippen LogP contribution in [0.1, 0.15) is 33.1 Å². The highest BCUT2D eigenvalue weighted by atomic mass is 19.1. The Bertz CT molecular complexity index is 144. The van der Waals surface area contributed by atoms with Crippen molar-refractivity contribution >= 4 is 0 Å². The van der Waals surface area contributed by atoms with Gasteiger partial charge in [-0.25, -0.2) is 4.39 Å². The lowest BCUT2D eigenvalue weighted by Gasteiger charge is -2.09. The average molecular weight is 189 g/mol. The summed E-state index contributed by atoms with van der Waals surface area (Å²) in [4.78, 5) is 0. The lowest BCUT2D eigenvalue weighted by molar-refractivity contribution is 0.250. The molecule has 0 bridgehead atoms. The molecule has 0 saturated heterocycles. The molecule has 0 aliphatic heterocycles. The van der Waals surface area contributed by atoms with Crippen LogP contribution in [0.3, 0.4) is 0 Å². The number of rotatable bonds is 7. The average Bonchev–Trinajstić information content (AvgIpc) is 2.08. The smallest absolute Gasteiger partial charge is 0.0931 e. The van der Waals surface area contributed by atoms with Gasteiger partial charge in [-0.05, 0) is 38.6 Å². The van der Waals surface area contributed by atoms with Crippen molar-refractivity contribution < 1.29 is 9.50 Å². The molecule has 0 spiro atoms. The first-order valence-corrected chi connectivity index (χ1v) is 4.80. The first-order valence-electron chi connectivity index (χ1n) is 4.80. The molecule has 0 aromatic heterocycles. The third kappa shape index (κ3) is 9.50. The third-order valence-corrected chi connectivity index (χ3v) is 1.93. The molecule has 0 heterocycles. The molecule has 3 heteroatoms. The zero-order valence-corrected chi connectivity index (χ0v) is 8.52. The maximum atomic E-state index is 12.2. The molecule has 2 nitrogen and oxygen atoms in total. The van der Waals surface area contributed by atoms with Crippen LogP contribution >= 0.6 is 0 Å². The van der Waals surface area contributed by atoms with Crippen LogP contribution in [0.15, 0.2) is 11.9 Å². The topological polar surface area (TPSA) is 32.3 Å². The minimum Gasteiger partial charge on any atom is -0.381 e. The van der Waals surface area contributed by atoms with E-state index in [-0.39, 0.29) is 12.6 Å². The lowest BCUT2D eigenvalue weighted by Crippen LogP contribution is -2.21. The molecule has 0 aliphatic carbocycles. The van der Waals surface area contributed by atoms with Gasteiger partial charge < -0.3 is 5.11 Å². The van der Waals surface area contributed by atoms with Gasteiger partial charge in [-0.2, -0.15) is 0 Å². The molecule has 0 amide bonds. The van der Waals surface area contributed by atoms with E-state index in [0.717, 1.165) is 25.8 Å². The van der Waals surface area contributed by atoms with Gasteiger partial charge >= 0.3 is 0 Å². The number of hydrogen-bond donors (Lipinski definition) is 2. The monoisotopic (exact) mass is 189 g/mol. The van der Waals surface area contributed by atoms with Crippen LogP contribution < -0.4 is 5.32 Å². The molecule has 0 fully saturated rings. The fourth-order valence-electron chi connectivity index (χ4n) is 1.18.